The predicted octanol–water partition coefficient (Wildman–Crippen LogP) is 1.97. The van der Waals surface area contributed by atoms with Crippen molar-refractivity contribution in [1.29, 1.82) is 15.8 Å². The van der Waals surface area contributed by atoms with Crippen LogP contribution in [0.25, 0.3) is 11.1 Å². The van der Waals surface area contributed by atoms with E-state index in [9.17, 15) is 17.6 Å². The van der Waals surface area contributed by atoms with E-state index in [1.165, 1.54) is 6.07 Å². The number of nitrogens with zero attached hydrogens (tertiary/aromatic N) is 6. The van der Waals surface area contributed by atoms with Gasteiger partial charge in [-0.3, -0.25) is 0 Å². The predicted molar refractivity (Wildman–Crippen MR) is 67.1 cm³/mol. The number of fused-ring (bicyclic) bond motifs is 1. The zero-order valence-electron chi connectivity index (χ0n) is 11.2. The van der Waals surface area contributed by atoms with Crippen molar-refractivity contribution in [2.75, 3.05) is 0 Å². The Bertz CT molecular complexity index is 1020. The molecule has 0 fully saturated rings. The fourth-order valence-electron chi connectivity index (χ4n) is 2.05. The molecule has 0 unspecified atom stereocenters. The van der Waals surface area contributed by atoms with Crippen molar-refractivity contribution < 1.29 is 17.6 Å². The lowest BCUT2D eigenvalue weighted by Crippen LogP contribution is -2.05. The molecule has 2 heterocycles. The SMILES string of the molecule is N#CC(=C1c2nc(C#N)c(C#N)nc21)c1c(F)c(F)nc(F)c1F. The van der Waals surface area contributed by atoms with Gasteiger partial charge in [-0.15, -0.1) is 0 Å². The Morgan fingerprint density at radius 1 is 0.750 bits per heavy atom. The molecular weight excluding hydrogens is 328 g/mol. The van der Waals surface area contributed by atoms with Crippen molar-refractivity contribution in [1.82, 2.24) is 15.0 Å². The number of rotatable bonds is 1. The van der Waals surface area contributed by atoms with Gasteiger partial charge in [0.2, 0.25) is 0 Å². The summed E-state index contributed by atoms with van der Waals surface area (Å²) in [5.41, 5.74) is -3.03. The molecule has 0 saturated carbocycles. The summed E-state index contributed by atoms with van der Waals surface area (Å²) in [6.07, 6.45) is 0. The van der Waals surface area contributed by atoms with Gasteiger partial charge >= 0.3 is 0 Å². The van der Waals surface area contributed by atoms with E-state index in [0.29, 0.717) is 0 Å². The van der Waals surface area contributed by atoms with Crippen molar-refractivity contribution in [2.24, 2.45) is 0 Å². The molecule has 24 heavy (non-hydrogen) atoms. The Kier molecular flexibility index (Phi) is 3.21. The average molecular weight is 328 g/mol. The first-order valence-corrected chi connectivity index (χ1v) is 6.02. The number of halogens is 4. The molecule has 0 atom stereocenters. The van der Waals surface area contributed by atoms with Crippen molar-refractivity contribution >= 4 is 11.1 Å². The molecule has 0 amide bonds. The first kappa shape index (κ1) is 15.1. The minimum absolute atomic E-state index is 0.0569. The summed E-state index contributed by atoms with van der Waals surface area (Å²) in [4.78, 5) is 9.86. The van der Waals surface area contributed by atoms with Gasteiger partial charge in [0, 0.05) is 5.57 Å². The quantitative estimate of drug-likeness (QED) is 0.384. The minimum Gasteiger partial charge on any atom is -0.232 e. The van der Waals surface area contributed by atoms with E-state index >= 15 is 0 Å². The van der Waals surface area contributed by atoms with Crippen LogP contribution in [-0.4, -0.2) is 15.0 Å². The molecule has 10 heteroatoms. The van der Waals surface area contributed by atoms with Gasteiger partial charge in [-0.25, -0.2) is 18.7 Å². The van der Waals surface area contributed by atoms with Crippen LogP contribution in [0.5, 0.6) is 0 Å². The maximum Gasteiger partial charge on any atom is 0.252 e. The summed E-state index contributed by atoms with van der Waals surface area (Å²) in [5, 5.41) is 26.8. The lowest BCUT2D eigenvalue weighted by Gasteiger charge is -2.04. The fraction of sp³-hybridized carbons (Fsp3) is 0. The van der Waals surface area contributed by atoms with Crippen LogP contribution in [0.2, 0.25) is 0 Å². The van der Waals surface area contributed by atoms with E-state index in [-0.39, 0.29) is 28.3 Å². The molecule has 0 aromatic carbocycles. The van der Waals surface area contributed by atoms with E-state index in [4.69, 9.17) is 15.8 Å². The van der Waals surface area contributed by atoms with E-state index in [0.717, 1.165) is 0 Å². The maximum atomic E-state index is 13.8. The summed E-state index contributed by atoms with van der Waals surface area (Å²) in [6, 6.07) is 4.63. The molecule has 6 nitrogen and oxygen atoms in total. The standard InChI is InChI=1S/C14F4N6/c15-9-7(10(16)14(18)24-13(9)17)4(1-19)8-11-12(8)23-6(3-21)5(2-20)22-11. The smallest absolute Gasteiger partial charge is 0.232 e. The Labute approximate surface area is 130 Å². The molecular formula is C14F4N6. The Hall–Kier alpha value is -3.84. The van der Waals surface area contributed by atoms with Gasteiger partial charge in [-0.2, -0.15) is 29.6 Å². The Morgan fingerprint density at radius 2 is 1.21 bits per heavy atom. The molecule has 2 aromatic heterocycles. The summed E-state index contributed by atoms with van der Waals surface area (Å²) in [6.45, 7) is 0. The van der Waals surface area contributed by atoms with E-state index in [1.807, 2.05) is 0 Å². The highest BCUT2D eigenvalue weighted by atomic mass is 19.2. The number of aromatic nitrogens is 3. The second kappa shape index (κ2) is 5.11. The van der Waals surface area contributed by atoms with Gasteiger partial charge in [0.15, 0.2) is 23.0 Å². The first-order valence-electron chi connectivity index (χ1n) is 6.02. The van der Waals surface area contributed by atoms with Crippen molar-refractivity contribution in [3.8, 4) is 18.2 Å². The number of hydrogen-bond acceptors (Lipinski definition) is 6. The molecule has 0 aliphatic heterocycles. The number of pyridine rings is 1. The van der Waals surface area contributed by atoms with Gasteiger partial charge in [0.1, 0.15) is 29.6 Å². The molecule has 1 aliphatic carbocycles. The molecule has 0 N–H and O–H groups in total. The molecule has 0 spiro atoms. The number of allylic oxidation sites excluding steroid dienone is 1. The van der Waals surface area contributed by atoms with Gasteiger partial charge in [0.25, 0.3) is 11.9 Å². The summed E-state index contributed by atoms with van der Waals surface area (Å²) >= 11 is 0. The van der Waals surface area contributed by atoms with Crippen LogP contribution in [0.4, 0.5) is 17.6 Å². The number of nitriles is 3. The summed E-state index contributed by atoms with van der Waals surface area (Å²) in [7, 11) is 0. The highest BCUT2D eigenvalue weighted by Gasteiger charge is 2.38. The topological polar surface area (TPSA) is 110 Å². The number of hydrogen-bond donors (Lipinski definition) is 0. The lowest BCUT2D eigenvalue weighted by molar-refractivity contribution is 0.404. The van der Waals surface area contributed by atoms with Crippen LogP contribution in [0.3, 0.4) is 0 Å². The van der Waals surface area contributed by atoms with Gasteiger partial charge < -0.3 is 0 Å². The van der Waals surface area contributed by atoms with Crippen LogP contribution in [0.1, 0.15) is 28.3 Å². The lowest BCUT2D eigenvalue weighted by atomic mass is 10.1. The Balaban J connectivity index is 2.30. The monoisotopic (exact) mass is 328 g/mol. The normalized spacial score (nSPS) is 11.1. The fourth-order valence-corrected chi connectivity index (χ4v) is 2.05. The van der Waals surface area contributed by atoms with Gasteiger partial charge in [-0.1, -0.05) is 0 Å². The van der Waals surface area contributed by atoms with Crippen molar-refractivity contribution in [3.05, 3.63) is 51.9 Å². The molecule has 0 bridgehead atoms. The summed E-state index contributed by atoms with van der Waals surface area (Å²) < 4.78 is 54.1. The highest BCUT2D eigenvalue weighted by molar-refractivity contribution is 6.13. The van der Waals surface area contributed by atoms with Crippen molar-refractivity contribution in [2.45, 2.75) is 0 Å². The molecule has 0 saturated heterocycles. The highest BCUT2D eigenvalue weighted by Crippen LogP contribution is 2.45. The second-order valence-electron chi connectivity index (χ2n) is 4.40. The Morgan fingerprint density at radius 3 is 1.58 bits per heavy atom. The first-order chi connectivity index (χ1) is 11.4. The van der Waals surface area contributed by atoms with Crippen molar-refractivity contribution in [3.63, 3.8) is 0 Å². The van der Waals surface area contributed by atoms with Crippen LogP contribution < -0.4 is 0 Å². The molecule has 3 rings (SSSR count). The zero-order chi connectivity index (χ0) is 17.6. The largest absolute Gasteiger partial charge is 0.252 e. The third-order valence-electron chi connectivity index (χ3n) is 3.13. The van der Waals surface area contributed by atoms with E-state index in [1.54, 1.807) is 12.1 Å². The third kappa shape index (κ3) is 1.97. The minimum atomic E-state index is -1.92. The molecule has 1 aliphatic rings. The average Bonchev–Trinajstić information content (AvgIpc) is 3.28. The van der Waals surface area contributed by atoms with Gasteiger partial charge in [-0.05, 0) is 0 Å². The van der Waals surface area contributed by atoms with Gasteiger partial charge in [0.05, 0.1) is 11.1 Å². The van der Waals surface area contributed by atoms with Crippen LogP contribution >= 0.6 is 0 Å². The van der Waals surface area contributed by atoms with Crippen LogP contribution in [-0.2, 0) is 0 Å². The zero-order valence-corrected chi connectivity index (χ0v) is 11.2. The molecule has 0 radical (unpaired) electrons. The third-order valence-corrected chi connectivity index (χ3v) is 3.13. The molecule has 114 valence electrons. The van der Waals surface area contributed by atoms with E-state index < -0.39 is 34.7 Å². The maximum absolute atomic E-state index is 13.8. The van der Waals surface area contributed by atoms with E-state index in [2.05, 4.69) is 15.0 Å². The second-order valence-corrected chi connectivity index (χ2v) is 4.40. The summed E-state index contributed by atoms with van der Waals surface area (Å²) in [5.74, 6) is -7.54. The van der Waals surface area contributed by atoms with Crippen LogP contribution in [0.15, 0.2) is 0 Å². The van der Waals surface area contributed by atoms with Crippen LogP contribution in [0, 0.1) is 57.5 Å². The molecule has 2 aromatic rings.